The summed E-state index contributed by atoms with van der Waals surface area (Å²) in [6, 6.07) is 12.7. The van der Waals surface area contributed by atoms with Gasteiger partial charge in [-0.2, -0.15) is 0 Å². The summed E-state index contributed by atoms with van der Waals surface area (Å²) in [4.78, 5) is 6.43. The molecule has 0 saturated carbocycles. The van der Waals surface area contributed by atoms with Crippen LogP contribution in [0.3, 0.4) is 0 Å². The third-order valence-electron chi connectivity index (χ3n) is 4.71. The first kappa shape index (κ1) is 18.1. The van der Waals surface area contributed by atoms with Gasteiger partial charge in [0.15, 0.2) is 5.58 Å². The lowest BCUT2D eigenvalue weighted by atomic mass is 10.2. The van der Waals surface area contributed by atoms with Gasteiger partial charge >= 0.3 is 0 Å². The van der Waals surface area contributed by atoms with Crippen molar-refractivity contribution >= 4 is 28.5 Å². The largest absolute Gasteiger partial charge is 0.431 e. The molecule has 9 heteroatoms. The van der Waals surface area contributed by atoms with Crippen LogP contribution in [0.15, 0.2) is 58.3 Å². The quantitative estimate of drug-likeness (QED) is 0.464. The highest BCUT2D eigenvalue weighted by Crippen LogP contribution is 2.26. The molecule has 2 aromatic heterocycles. The van der Waals surface area contributed by atoms with Crippen molar-refractivity contribution in [3.8, 4) is 5.69 Å². The Morgan fingerprint density at radius 3 is 2.79 bits per heavy atom. The number of para-hydroxylation sites is 2. The summed E-state index contributed by atoms with van der Waals surface area (Å²) < 4.78 is 27.2. The molecule has 1 aliphatic rings. The highest BCUT2D eigenvalue weighted by atomic mass is 32.2. The molecule has 1 aliphatic heterocycles. The number of anilines is 1. The fourth-order valence-electron chi connectivity index (χ4n) is 3.24. The van der Waals surface area contributed by atoms with E-state index in [2.05, 4.69) is 15.3 Å². The summed E-state index contributed by atoms with van der Waals surface area (Å²) in [6.07, 6.45) is 1.79. The van der Waals surface area contributed by atoms with Gasteiger partial charge in [-0.15, -0.1) is 5.10 Å². The number of thioether (sulfide) groups is 1. The first-order chi connectivity index (χ1) is 14.3. The molecule has 0 radical (unpaired) electrons. The average Bonchev–Trinajstić information content (AvgIpc) is 3.39. The van der Waals surface area contributed by atoms with Crippen LogP contribution in [0, 0.1) is 5.82 Å². The van der Waals surface area contributed by atoms with Gasteiger partial charge in [0, 0.05) is 24.9 Å². The number of aromatic nitrogens is 4. The first-order valence-corrected chi connectivity index (χ1v) is 10.3. The zero-order valence-electron chi connectivity index (χ0n) is 15.5. The molecule has 0 aliphatic carbocycles. The van der Waals surface area contributed by atoms with E-state index in [1.54, 1.807) is 16.9 Å². The van der Waals surface area contributed by atoms with Gasteiger partial charge in [0.2, 0.25) is 0 Å². The number of nitrogens with zero attached hydrogens (tertiary/aromatic N) is 5. The number of oxazole rings is 1. The van der Waals surface area contributed by atoms with Crippen molar-refractivity contribution < 1.29 is 13.5 Å². The molecule has 148 valence electrons. The first-order valence-electron chi connectivity index (χ1n) is 9.28. The van der Waals surface area contributed by atoms with Gasteiger partial charge in [0.05, 0.1) is 36.5 Å². The fraction of sp³-hybridized carbons (Fsp3) is 0.250. The molecule has 1 saturated heterocycles. The molecule has 3 heterocycles. The van der Waals surface area contributed by atoms with Crippen molar-refractivity contribution in [1.82, 2.24) is 20.0 Å². The molecule has 0 unspecified atom stereocenters. The number of rotatable bonds is 5. The molecule has 29 heavy (non-hydrogen) atoms. The lowest BCUT2D eigenvalue weighted by molar-refractivity contribution is 0.122. The van der Waals surface area contributed by atoms with Gasteiger partial charge in [-0.05, 0) is 24.3 Å². The molecule has 7 nitrogen and oxygen atoms in total. The van der Waals surface area contributed by atoms with Crippen LogP contribution < -0.4 is 4.90 Å². The van der Waals surface area contributed by atoms with Crippen LogP contribution >= 0.6 is 11.8 Å². The SMILES string of the molecule is Fc1cc(-n2cc(CSc3nc4ccccc4o3)nn2)ccc1N1CCOCC1. The van der Waals surface area contributed by atoms with Crippen LogP contribution in [0.2, 0.25) is 0 Å². The van der Waals surface area contributed by atoms with Crippen LogP contribution in [-0.4, -0.2) is 46.3 Å². The molecule has 0 N–H and O–H groups in total. The molecule has 5 rings (SSSR count). The van der Waals surface area contributed by atoms with Crippen LogP contribution in [-0.2, 0) is 10.5 Å². The van der Waals surface area contributed by atoms with E-state index in [0.717, 1.165) is 16.8 Å². The second kappa shape index (κ2) is 7.84. The van der Waals surface area contributed by atoms with Gasteiger partial charge in [-0.25, -0.2) is 14.1 Å². The molecule has 0 spiro atoms. The zero-order chi connectivity index (χ0) is 19.6. The van der Waals surface area contributed by atoms with E-state index < -0.39 is 0 Å². The minimum Gasteiger partial charge on any atom is -0.431 e. The van der Waals surface area contributed by atoms with Gasteiger partial charge in [-0.3, -0.25) is 0 Å². The minimum atomic E-state index is -0.276. The summed E-state index contributed by atoms with van der Waals surface area (Å²) in [6.45, 7) is 2.62. The van der Waals surface area contributed by atoms with Crippen molar-refractivity contribution in [3.05, 3.63) is 60.2 Å². The lowest BCUT2D eigenvalue weighted by Gasteiger charge is -2.29. The summed E-state index contributed by atoms with van der Waals surface area (Å²) in [7, 11) is 0. The Kier molecular flexibility index (Phi) is 4.91. The summed E-state index contributed by atoms with van der Waals surface area (Å²) in [5, 5.41) is 8.89. The molecule has 1 fully saturated rings. The Morgan fingerprint density at radius 2 is 1.97 bits per heavy atom. The fourth-order valence-corrected chi connectivity index (χ4v) is 3.95. The van der Waals surface area contributed by atoms with Crippen molar-refractivity contribution in [2.24, 2.45) is 0 Å². The summed E-state index contributed by atoms with van der Waals surface area (Å²) in [5.74, 6) is 0.281. The van der Waals surface area contributed by atoms with E-state index in [9.17, 15) is 4.39 Å². The second-order valence-electron chi connectivity index (χ2n) is 6.63. The van der Waals surface area contributed by atoms with Crippen LogP contribution in [0.1, 0.15) is 5.69 Å². The third-order valence-corrected chi connectivity index (χ3v) is 5.57. The van der Waals surface area contributed by atoms with Gasteiger partial charge in [0.1, 0.15) is 11.3 Å². The Morgan fingerprint density at radius 1 is 1.10 bits per heavy atom. The van der Waals surface area contributed by atoms with Crippen molar-refractivity contribution in [3.63, 3.8) is 0 Å². The Hall–Kier alpha value is -2.91. The predicted molar refractivity (Wildman–Crippen MR) is 108 cm³/mol. The maximum absolute atomic E-state index is 14.6. The number of hydrogen-bond donors (Lipinski definition) is 0. The zero-order valence-corrected chi connectivity index (χ0v) is 16.3. The number of halogens is 1. The standard InChI is InChI=1S/C20H18FN5O2S/c21-16-11-15(5-6-18(16)25-7-9-27-10-8-25)26-12-14(23-24-26)13-29-20-22-17-3-1-2-4-19(17)28-20/h1-6,11-12H,7-10,13H2. The van der Waals surface area contributed by atoms with Crippen molar-refractivity contribution in [2.45, 2.75) is 11.0 Å². The normalized spacial score (nSPS) is 14.6. The molecule has 2 aromatic carbocycles. The smallest absolute Gasteiger partial charge is 0.257 e. The maximum Gasteiger partial charge on any atom is 0.257 e. The van der Waals surface area contributed by atoms with Crippen LogP contribution in [0.5, 0.6) is 0 Å². The van der Waals surface area contributed by atoms with Crippen molar-refractivity contribution in [1.29, 1.82) is 0 Å². The highest BCUT2D eigenvalue weighted by Gasteiger charge is 2.16. The number of hydrogen-bond acceptors (Lipinski definition) is 7. The monoisotopic (exact) mass is 411 g/mol. The highest BCUT2D eigenvalue weighted by molar-refractivity contribution is 7.98. The van der Waals surface area contributed by atoms with E-state index in [0.29, 0.717) is 48.7 Å². The average molecular weight is 411 g/mol. The number of fused-ring (bicyclic) bond motifs is 1. The van der Waals surface area contributed by atoms with Gasteiger partial charge in [0.25, 0.3) is 5.22 Å². The molecular weight excluding hydrogens is 393 g/mol. The van der Waals surface area contributed by atoms with E-state index in [-0.39, 0.29) is 5.82 Å². The van der Waals surface area contributed by atoms with E-state index in [4.69, 9.17) is 9.15 Å². The Bertz CT molecular complexity index is 1110. The van der Waals surface area contributed by atoms with E-state index >= 15 is 0 Å². The minimum absolute atomic E-state index is 0.276. The Labute approximate surface area is 170 Å². The topological polar surface area (TPSA) is 69.2 Å². The summed E-state index contributed by atoms with van der Waals surface area (Å²) in [5.41, 5.74) is 3.56. The third kappa shape index (κ3) is 3.83. The molecule has 0 amide bonds. The van der Waals surface area contributed by atoms with Crippen molar-refractivity contribution in [2.75, 3.05) is 31.2 Å². The van der Waals surface area contributed by atoms with Gasteiger partial charge < -0.3 is 14.1 Å². The number of ether oxygens (including phenoxy) is 1. The summed E-state index contributed by atoms with van der Waals surface area (Å²) >= 11 is 1.45. The predicted octanol–water partition coefficient (Wildman–Crippen LogP) is 3.68. The molecule has 0 bridgehead atoms. The number of benzene rings is 2. The molecular formula is C20H18FN5O2S. The molecule has 0 atom stereocenters. The van der Waals surface area contributed by atoms with Crippen LogP contribution in [0.4, 0.5) is 10.1 Å². The van der Waals surface area contributed by atoms with Crippen LogP contribution in [0.25, 0.3) is 16.8 Å². The number of morpholine rings is 1. The Balaban J connectivity index is 1.28. The van der Waals surface area contributed by atoms with E-state index in [1.807, 2.05) is 35.2 Å². The van der Waals surface area contributed by atoms with E-state index in [1.165, 1.54) is 17.8 Å². The molecule has 4 aromatic rings. The van der Waals surface area contributed by atoms with Gasteiger partial charge in [-0.1, -0.05) is 29.1 Å². The second-order valence-corrected chi connectivity index (χ2v) is 7.55. The lowest BCUT2D eigenvalue weighted by Crippen LogP contribution is -2.36. The maximum atomic E-state index is 14.6.